The minimum absolute atomic E-state index is 0.00117. The van der Waals surface area contributed by atoms with Crippen molar-refractivity contribution in [3.8, 4) is 11.8 Å². The molecule has 2 unspecified atom stereocenters. The average Bonchev–Trinajstić information content (AvgIpc) is 1.59. The van der Waals surface area contributed by atoms with Gasteiger partial charge in [0.1, 0.15) is 16.4 Å². The Morgan fingerprint density at radius 2 is 0.943 bits per heavy atom. The summed E-state index contributed by atoms with van der Waals surface area (Å²) in [5.74, 6) is -2.27. The van der Waals surface area contributed by atoms with Crippen LogP contribution in [0.3, 0.4) is 0 Å². The first-order valence-electron chi connectivity index (χ1n) is 33.0. The summed E-state index contributed by atoms with van der Waals surface area (Å²) >= 11 is 0. The van der Waals surface area contributed by atoms with Crippen LogP contribution in [0.25, 0.3) is 21.5 Å². The molecule has 7 N–H and O–H groups in total. The van der Waals surface area contributed by atoms with Gasteiger partial charge in [-0.25, -0.2) is 4.79 Å². The zero-order valence-corrected chi connectivity index (χ0v) is 62.4. The van der Waals surface area contributed by atoms with Gasteiger partial charge >= 0.3 is 5.97 Å². The third kappa shape index (κ3) is 24.1. The standard InChI is InChI=1S/C67H89N3O30S5/c1-66(20-10-44-101(74,75)76)59(69(22-26-89-3)56-48-58(105(86,87)88)51-14-13-49(102(77,78)79)45-53(51)65(56)66)11-8-6-5-7-9-12-60-67(2,21-25-92-31-34-96-37-36-94-29-28-90-4)64-54-46-50(103(80,81)82)47-57(104(83,84)85)52(54)15-16-55(64)68(60)23-27-93-32-35-97-39-41-99-43-42-98-40-38-95-33-30-91-24-19-63(73)100-70-61(71)17-18-62(70)72/h5-9,11-18,45-48H,10,19-44H2,1-4H3,(H6-,71,72,74,75,76,77,78,79,80,81,82,83,84,85,86,87,88)/p+1. The molecule has 5 aromatic rings. The molecule has 0 amide bonds. The second-order valence-electron chi connectivity index (χ2n) is 24.1. The van der Waals surface area contributed by atoms with E-state index >= 15 is 0 Å². The van der Waals surface area contributed by atoms with Crippen molar-refractivity contribution >= 4 is 95.2 Å². The zero-order valence-electron chi connectivity index (χ0n) is 58.3. The van der Waals surface area contributed by atoms with Crippen molar-refractivity contribution in [1.82, 2.24) is 4.73 Å². The summed E-state index contributed by atoms with van der Waals surface area (Å²) in [7, 11) is -21.6. The Balaban J connectivity index is 1.10. The smallest absolute Gasteiger partial charge is 0.335 e. The number of hydrogen-bond acceptors (Lipinski definition) is 26. The van der Waals surface area contributed by atoms with Gasteiger partial charge in [0.15, 0.2) is 12.3 Å². The molecule has 0 bridgehead atoms. The van der Waals surface area contributed by atoms with Gasteiger partial charge in [0.05, 0.1) is 146 Å². The molecule has 0 spiro atoms. The lowest BCUT2D eigenvalue weighted by molar-refractivity contribution is -0.442. The van der Waals surface area contributed by atoms with Gasteiger partial charge in [-0.1, -0.05) is 36.4 Å². The molecule has 1 aromatic heterocycles. The van der Waals surface area contributed by atoms with Crippen molar-refractivity contribution in [2.45, 2.75) is 69.9 Å². The number of allylic oxidation sites excluding steroid dienone is 8. The minimum atomic E-state index is -5.12. The maximum atomic E-state index is 13.1. The number of methoxy groups -OCH3 is 2. The molecular weight excluding hydrogens is 1490 g/mol. The second kappa shape index (κ2) is 39.4. The Morgan fingerprint density at radius 1 is 0.476 bits per heavy atom. The Hall–Kier alpha value is -6.71. The summed E-state index contributed by atoms with van der Waals surface area (Å²) in [4.78, 5) is 15.7. The van der Waals surface area contributed by atoms with Crippen LogP contribution in [0.5, 0.6) is 11.8 Å². The maximum Gasteiger partial charge on any atom is 0.335 e. The van der Waals surface area contributed by atoms with Crippen LogP contribution >= 0.6 is 0 Å². The number of anilines is 1. The fourth-order valence-corrected chi connectivity index (χ4v) is 15.2. The fraction of sp³-hybridized carbons (Fsp3) is 0.493. The molecule has 2 aliphatic heterocycles. The summed E-state index contributed by atoms with van der Waals surface area (Å²) in [5.41, 5.74) is -0.0497. The van der Waals surface area contributed by atoms with Crippen LogP contribution in [0, 0.1) is 0 Å². The van der Waals surface area contributed by atoms with Crippen LogP contribution in [0.15, 0.2) is 128 Å². The van der Waals surface area contributed by atoms with Crippen LogP contribution in [0.1, 0.15) is 50.7 Å². The average molecular weight is 1580 g/mol. The molecule has 38 heteroatoms. The minimum Gasteiger partial charge on any atom is -0.492 e. The Kier molecular flexibility index (Phi) is 32.1. The predicted molar refractivity (Wildman–Crippen MR) is 380 cm³/mol. The van der Waals surface area contributed by atoms with E-state index < -0.39 is 104 Å². The number of fused-ring (bicyclic) bond motifs is 6. The highest BCUT2D eigenvalue weighted by molar-refractivity contribution is 7.87. The van der Waals surface area contributed by atoms with Gasteiger partial charge < -0.3 is 72.1 Å². The number of aromatic nitrogens is 1. The summed E-state index contributed by atoms with van der Waals surface area (Å²) < 4.78 is 243. The van der Waals surface area contributed by atoms with Gasteiger partial charge in [0.2, 0.25) is 17.4 Å². The zero-order chi connectivity index (χ0) is 76.6. The third-order valence-corrected chi connectivity index (χ3v) is 21.2. The number of rotatable bonds is 49. The largest absolute Gasteiger partial charge is 0.492 e. The fourth-order valence-electron chi connectivity index (χ4n) is 12.1. The SMILES string of the molecule is COCCOCCOCCOCCC1(C)C(C=CC=CC=CC=C2N(CCOC)c3cc(S(=O)(=O)O)c4ccc(S(=O)(=O)O)cc4c3C2(C)CCCS(=O)(=O)O)=[N+](CCOCCOCCOCCOCCOCCOCCC(=O)On2c(O)ccc2O)c2ccc3c(S(=O)(=O)O)cc(S(=O)(=O)O)cc3c21. The molecule has 0 aliphatic carbocycles. The van der Waals surface area contributed by atoms with Crippen LogP contribution < -0.4 is 9.74 Å². The first-order valence-corrected chi connectivity index (χ1v) is 40.3. The summed E-state index contributed by atoms with van der Waals surface area (Å²) in [6.07, 6.45) is 11.6. The summed E-state index contributed by atoms with van der Waals surface area (Å²) in [6, 6.07) is 11.6. The van der Waals surface area contributed by atoms with Crippen LogP contribution in [-0.4, -0.2) is 261 Å². The van der Waals surface area contributed by atoms with Crippen molar-refractivity contribution in [1.29, 1.82) is 0 Å². The van der Waals surface area contributed by atoms with Crippen LogP contribution in [0.2, 0.25) is 0 Å². The van der Waals surface area contributed by atoms with E-state index in [1.54, 1.807) is 67.5 Å². The quantitative estimate of drug-likeness (QED) is 0.0110. The van der Waals surface area contributed by atoms with Crippen molar-refractivity contribution in [3.05, 3.63) is 120 Å². The first kappa shape index (κ1) is 85.5. The topological polar surface area (TPSA) is 451 Å². The monoisotopic (exact) mass is 1580 g/mol. The number of hydrogen-bond donors (Lipinski definition) is 7. The number of carbonyl (C=O) groups is 1. The van der Waals surface area contributed by atoms with Crippen LogP contribution in [0.4, 0.5) is 11.4 Å². The molecule has 0 radical (unpaired) electrons. The van der Waals surface area contributed by atoms with Gasteiger partial charge in [-0.05, 0) is 91.9 Å². The van der Waals surface area contributed by atoms with Gasteiger partial charge in [-0.2, -0.15) is 46.7 Å². The van der Waals surface area contributed by atoms with Crippen molar-refractivity contribution in [2.75, 3.05) is 170 Å². The van der Waals surface area contributed by atoms with E-state index in [-0.39, 0.29) is 178 Å². The molecule has 0 saturated heterocycles. The van der Waals surface area contributed by atoms with Crippen molar-refractivity contribution < 1.29 is 141 Å². The highest BCUT2D eigenvalue weighted by Gasteiger charge is 2.50. The molecule has 7 rings (SSSR count). The van der Waals surface area contributed by atoms with Gasteiger partial charge in [0.25, 0.3) is 50.6 Å². The molecule has 0 fully saturated rings. The molecular formula is C67H90N3O30S5+. The highest BCUT2D eigenvalue weighted by atomic mass is 32.2. The normalized spacial score (nSPS) is 17.2. The Bertz CT molecular complexity index is 4540. The van der Waals surface area contributed by atoms with Gasteiger partial charge in [-0.3, -0.25) is 22.8 Å². The number of nitrogens with zero attached hydrogens (tertiary/aromatic N) is 3. The van der Waals surface area contributed by atoms with Gasteiger partial charge in [-0.15, -0.1) is 4.73 Å². The number of benzene rings is 4. The number of carbonyl (C=O) groups excluding carboxylic acids is 1. The molecule has 582 valence electrons. The van der Waals surface area contributed by atoms with Crippen LogP contribution in [-0.2, 0) is 118 Å². The number of aromatic hydroxyl groups is 2. The van der Waals surface area contributed by atoms with E-state index in [1.165, 1.54) is 19.2 Å². The first-order chi connectivity index (χ1) is 49.8. The molecule has 3 heterocycles. The molecule has 2 aliphatic rings. The van der Waals surface area contributed by atoms with E-state index in [0.717, 1.165) is 36.4 Å². The second-order valence-corrected chi connectivity index (χ2v) is 31.3. The molecule has 0 saturated carbocycles. The Morgan fingerprint density at radius 3 is 1.47 bits per heavy atom. The lowest BCUT2D eigenvalue weighted by Gasteiger charge is -2.30. The van der Waals surface area contributed by atoms with E-state index in [0.29, 0.717) is 58.8 Å². The Labute approximate surface area is 609 Å². The molecule has 33 nitrogen and oxygen atoms in total. The van der Waals surface area contributed by atoms with Crippen molar-refractivity contribution in [3.63, 3.8) is 0 Å². The van der Waals surface area contributed by atoms with Gasteiger partial charge in [0, 0.05) is 84.8 Å². The van der Waals surface area contributed by atoms with Crippen molar-refractivity contribution in [2.24, 2.45) is 0 Å². The van der Waals surface area contributed by atoms with E-state index in [9.17, 15) is 79.9 Å². The molecule has 105 heavy (non-hydrogen) atoms. The van der Waals surface area contributed by atoms with E-state index in [4.69, 9.17) is 56.9 Å². The van der Waals surface area contributed by atoms with E-state index in [2.05, 4.69) is 0 Å². The molecule has 2 atom stereocenters. The third-order valence-electron chi connectivity index (χ3n) is 16.9. The summed E-state index contributed by atoms with van der Waals surface area (Å²) in [5, 5.41) is 19.1. The predicted octanol–water partition coefficient (Wildman–Crippen LogP) is 5.43. The lowest BCUT2D eigenvalue weighted by Crippen LogP contribution is -2.33. The number of ether oxygens (including phenoxy) is 11. The molecule has 4 aromatic carbocycles. The maximum absolute atomic E-state index is 13.1. The lowest BCUT2D eigenvalue weighted by atomic mass is 9.75. The summed E-state index contributed by atoms with van der Waals surface area (Å²) in [6.45, 7) is 8.04. The van der Waals surface area contributed by atoms with E-state index in [1.807, 2.05) is 11.5 Å². The highest BCUT2D eigenvalue weighted by Crippen LogP contribution is 2.55.